The predicted molar refractivity (Wildman–Crippen MR) is 111 cm³/mol. The van der Waals surface area contributed by atoms with Crippen molar-refractivity contribution >= 4 is 16.7 Å². The lowest BCUT2D eigenvalue weighted by Gasteiger charge is -2.18. The van der Waals surface area contributed by atoms with Gasteiger partial charge in [-0.3, -0.25) is 4.79 Å². The standard InChI is InChI=1S/C24H25NO3/c1-17(20-13-6-9-18-8-2-3-11-21(18)20)25-24(26)22-12-4-5-14-23(22)28-16-19-10-7-15-27-19/h2-6,8-9,11-14,17,19H,7,10,15-16H2,1H3,(H,25,26)/t17-,19-/m0/s1. The van der Waals surface area contributed by atoms with E-state index in [1.165, 1.54) is 5.39 Å². The maximum absolute atomic E-state index is 13.0. The Labute approximate surface area is 165 Å². The minimum atomic E-state index is -0.136. The van der Waals surface area contributed by atoms with E-state index in [0.29, 0.717) is 17.9 Å². The van der Waals surface area contributed by atoms with Crippen LogP contribution in [0.4, 0.5) is 0 Å². The largest absolute Gasteiger partial charge is 0.490 e. The zero-order chi connectivity index (χ0) is 19.3. The number of carbonyl (C=O) groups is 1. The summed E-state index contributed by atoms with van der Waals surface area (Å²) in [5, 5.41) is 5.44. The molecule has 28 heavy (non-hydrogen) atoms. The number of fused-ring (bicyclic) bond motifs is 1. The molecule has 2 atom stereocenters. The Hall–Kier alpha value is -2.85. The van der Waals surface area contributed by atoms with E-state index in [2.05, 4.69) is 29.6 Å². The number of carbonyl (C=O) groups excluding carboxylic acids is 1. The molecule has 0 bridgehead atoms. The molecule has 1 N–H and O–H groups in total. The molecule has 3 aromatic carbocycles. The van der Waals surface area contributed by atoms with Crippen molar-refractivity contribution in [3.63, 3.8) is 0 Å². The monoisotopic (exact) mass is 375 g/mol. The molecule has 1 aliphatic rings. The van der Waals surface area contributed by atoms with Crippen LogP contribution in [0, 0.1) is 0 Å². The lowest BCUT2D eigenvalue weighted by molar-refractivity contribution is 0.0670. The van der Waals surface area contributed by atoms with Crippen LogP contribution in [0.5, 0.6) is 5.75 Å². The molecule has 0 aromatic heterocycles. The van der Waals surface area contributed by atoms with E-state index >= 15 is 0 Å². The van der Waals surface area contributed by atoms with E-state index < -0.39 is 0 Å². The first kappa shape index (κ1) is 18.5. The summed E-state index contributed by atoms with van der Waals surface area (Å²) in [7, 11) is 0. The number of benzene rings is 3. The summed E-state index contributed by atoms with van der Waals surface area (Å²) >= 11 is 0. The highest BCUT2D eigenvalue weighted by Crippen LogP contribution is 2.26. The number of hydrogen-bond donors (Lipinski definition) is 1. The Morgan fingerprint density at radius 3 is 2.75 bits per heavy atom. The fourth-order valence-corrected chi connectivity index (χ4v) is 3.72. The first-order chi connectivity index (χ1) is 13.7. The van der Waals surface area contributed by atoms with Crippen molar-refractivity contribution in [1.29, 1.82) is 0 Å². The molecule has 1 heterocycles. The molecule has 0 unspecified atom stereocenters. The lowest BCUT2D eigenvalue weighted by Crippen LogP contribution is -2.27. The number of rotatable bonds is 6. The molecule has 4 heteroatoms. The minimum absolute atomic E-state index is 0.116. The van der Waals surface area contributed by atoms with Crippen molar-refractivity contribution in [2.45, 2.75) is 31.9 Å². The van der Waals surface area contributed by atoms with Gasteiger partial charge in [-0.2, -0.15) is 0 Å². The van der Waals surface area contributed by atoms with Gasteiger partial charge in [0.1, 0.15) is 12.4 Å². The average Bonchev–Trinajstić information content (AvgIpc) is 3.25. The molecule has 0 radical (unpaired) electrons. The molecule has 0 aliphatic carbocycles. The number of amides is 1. The summed E-state index contributed by atoms with van der Waals surface area (Å²) < 4.78 is 11.5. The molecule has 144 valence electrons. The predicted octanol–water partition coefficient (Wildman–Crippen LogP) is 4.89. The van der Waals surface area contributed by atoms with Crippen molar-refractivity contribution in [1.82, 2.24) is 5.32 Å². The van der Waals surface area contributed by atoms with Crippen LogP contribution >= 0.6 is 0 Å². The maximum atomic E-state index is 13.0. The summed E-state index contributed by atoms with van der Waals surface area (Å²) in [5.74, 6) is 0.462. The zero-order valence-corrected chi connectivity index (χ0v) is 16.1. The topological polar surface area (TPSA) is 47.6 Å². The molecule has 1 amide bonds. The first-order valence-corrected chi connectivity index (χ1v) is 9.84. The van der Waals surface area contributed by atoms with Crippen LogP contribution in [-0.4, -0.2) is 25.2 Å². The Balaban J connectivity index is 1.50. The highest BCUT2D eigenvalue weighted by molar-refractivity contribution is 5.97. The van der Waals surface area contributed by atoms with Gasteiger partial charge in [0.05, 0.1) is 17.7 Å². The smallest absolute Gasteiger partial charge is 0.255 e. The van der Waals surface area contributed by atoms with Gasteiger partial charge >= 0.3 is 0 Å². The third-order valence-corrected chi connectivity index (χ3v) is 5.22. The highest BCUT2D eigenvalue weighted by atomic mass is 16.5. The highest BCUT2D eigenvalue weighted by Gasteiger charge is 2.20. The number of ether oxygens (including phenoxy) is 2. The molecule has 0 spiro atoms. The third kappa shape index (κ3) is 4.02. The van der Waals surface area contributed by atoms with Crippen LogP contribution in [0.1, 0.15) is 41.7 Å². The van der Waals surface area contributed by atoms with Crippen LogP contribution in [0.15, 0.2) is 66.7 Å². The van der Waals surface area contributed by atoms with Crippen molar-refractivity contribution in [2.75, 3.05) is 13.2 Å². The van der Waals surface area contributed by atoms with E-state index in [4.69, 9.17) is 9.47 Å². The van der Waals surface area contributed by atoms with Crippen molar-refractivity contribution in [3.05, 3.63) is 77.9 Å². The number of para-hydroxylation sites is 1. The Morgan fingerprint density at radius 2 is 1.89 bits per heavy atom. The number of nitrogens with one attached hydrogen (secondary N) is 1. The van der Waals surface area contributed by atoms with Crippen molar-refractivity contribution in [2.24, 2.45) is 0 Å². The van der Waals surface area contributed by atoms with E-state index in [0.717, 1.165) is 30.4 Å². The second kappa shape index (κ2) is 8.44. The zero-order valence-electron chi connectivity index (χ0n) is 16.1. The molecular formula is C24H25NO3. The lowest BCUT2D eigenvalue weighted by atomic mass is 9.99. The van der Waals surface area contributed by atoms with Crippen LogP contribution < -0.4 is 10.1 Å². The van der Waals surface area contributed by atoms with E-state index in [1.807, 2.05) is 43.3 Å². The molecule has 1 fully saturated rings. The molecule has 4 nitrogen and oxygen atoms in total. The second-order valence-corrected chi connectivity index (χ2v) is 7.21. The Bertz CT molecular complexity index is 957. The Kier molecular flexibility index (Phi) is 5.58. The van der Waals surface area contributed by atoms with Crippen molar-refractivity contribution < 1.29 is 14.3 Å². The SMILES string of the molecule is C[C@H](NC(=O)c1ccccc1OC[C@@H]1CCCO1)c1cccc2ccccc12. The van der Waals surface area contributed by atoms with E-state index in [9.17, 15) is 4.79 Å². The van der Waals surface area contributed by atoms with Gasteiger partial charge in [0.25, 0.3) is 5.91 Å². The number of hydrogen-bond acceptors (Lipinski definition) is 3. The van der Waals surface area contributed by atoms with Gasteiger partial charge in [0.15, 0.2) is 0 Å². The summed E-state index contributed by atoms with van der Waals surface area (Å²) in [5.41, 5.74) is 1.65. The van der Waals surface area contributed by atoms with Gasteiger partial charge in [-0.1, -0.05) is 54.6 Å². The minimum Gasteiger partial charge on any atom is -0.490 e. The average molecular weight is 375 g/mol. The second-order valence-electron chi connectivity index (χ2n) is 7.21. The van der Waals surface area contributed by atoms with Gasteiger partial charge < -0.3 is 14.8 Å². The van der Waals surface area contributed by atoms with Crippen LogP contribution in [0.25, 0.3) is 10.8 Å². The molecule has 1 aliphatic heterocycles. The van der Waals surface area contributed by atoms with Gasteiger partial charge in [-0.05, 0) is 48.2 Å². The molecular weight excluding hydrogens is 350 g/mol. The summed E-state index contributed by atoms with van der Waals surface area (Å²) in [6.45, 7) is 3.28. The van der Waals surface area contributed by atoms with Crippen LogP contribution in [-0.2, 0) is 4.74 Å². The van der Waals surface area contributed by atoms with Crippen molar-refractivity contribution in [3.8, 4) is 5.75 Å². The van der Waals surface area contributed by atoms with Gasteiger partial charge in [-0.25, -0.2) is 0 Å². The Morgan fingerprint density at radius 1 is 1.11 bits per heavy atom. The normalized spacial score (nSPS) is 17.4. The first-order valence-electron chi connectivity index (χ1n) is 9.84. The van der Waals surface area contributed by atoms with E-state index in [1.54, 1.807) is 6.07 Å². The maximum Gasteiger partial charge on any atom is 0.255 e. The molecule has 4 rings (SSSR count). The van der Waals surface area contributed by atoms with Crippen LogP contribution in [0.3, 0.4) is 0 Å². The fraction of sp³-hybridized carbons (Fsp3) is 0.292. The third-order valence-electron chi connectivity index (χ3n) is 5.22. The quantitative estimate of drug-likeness (QED) is 0.667. The van der Waals surface area contributed by atoms with E-state index in [-0.39, 0.29) is 18.1 Å². The molecule has 1 saturated heterocycles. The summed E-state index contributed by atoms with van der Waals surface area (Å²) in [4.78, 5) is 13.0. The van der Waals surface area contributed by atoms with Gasteiger partial charge in [0.2, 0.25) is 0 Å². The van der Waals surface area contributed by atoms with Crippen LogP contribution in [0.2, 0.25) is 0 Å². The summed E-state index contributed by atoms with van der Waals surface area (Å²) in [6.07, 6.45) is 2.19. The summed E-state index contributed by atoms with van der Waals surface area (Å²) in [6, 6.07) is 21.7. The molecule has 0 saturated carbocycles. The van der Waals surface area contributed by atoms with Gasteiger partial charge in [-0.15, -0.1) is 0 Å². The van der Waals surface area contributed by atoms with Gasteiger partial charge in [0, 0.05) is 6.61 Å². The fourth-order valence-electron chi connectivity index (χ4n) is 3.72. The molecule has 3 aromatic rings.